The topological polar surface area (TPSA) is 28.2 Å². The van der Waals surface area contributed by atoms with Gasteiger partial charge < -0.3 is 5.32 Å². The Kier molecular flexibility index (Phi) is 10.6. The molecule has 0 radical (unpaired) electrons. The molecule has 1 aromatic rings. The summed E-state index contributed by atoms with van der Waals surface area (Å²) >= 11 is 18.8. The highest BCUT2D eigenvalue weighted by Gasteiger charge is 2.30. The van der Waals surface area contributed by atoms with Gasteiger partial charge in [0.25, 0.3) is 0 Å². The van der Waals surface area contributed by atoms with Crippen molar-refractivity contribution in [3.8, 4) is 0 Å². The van der Waals surface area contributed by atoms with Crippen LogP contribution in [0.2, 0.25) is 15.2 Å². The molecule has 8 heteroatoms. The van der Waals surface area contributed by atoms with Crippen LogP contribution in [0.5, 0.6) is 0 Å². The number of aromatic nitrogens is 1. The fraction of sp³-hybridized carbons (Fsp3) is 0.643. The van der Waals surface area contributed by atoms with E-state index in [2.05, 4.69) is 29.0 Å². The van der Waals surface area contributed by atoms with Crippen molar-refractivity contribution in [1.29, 1.82) is 0 Å². The molecule has 2 heterocycles. The summed E-state index contributed by atoms with van der Waals surface area (Å²) in [5.41, 5.74) is 0.921. The number of hydrogen-bond donors (Lipinski definition) is 1. The molecule has 0 aromatic carbocycles. The second kappa shape index (κ2) is 10.4. The van der Waals surface area contributed by atoms with Crippen molar-refractivity contribution in [3.63, 3.8) is 0 Å². The zero-order chi connectivity index (χ0) is 14.7. The van der Waals surface area contributed by atoms with Gasteiger partial charge in [-0.05, 0) is 5.92 Å². The molecule has 0 aliphatic carbocycles. The zero-order valence-corrected chi connectivity index (χ0v) is 16.5. The first kappa shape index (κ1) is 22.5. The number of nitrogens with zero attached hydrogens (tertiary/aromatic N) is 2. The summed E-state index contributed by atoms with van der Waals surface area (Å²) in [6, 6.07) is 0.183. The Hall–Kier alpha value is 0.520. The number of nitrogens with one attached hydrogen (secondary N) is 1. The van der Waals surface area contributed by atoms with Crippen LogP contribution in [0.1, 0.15) is 31.9 Å². The minimum Gasteiger partial charge on any atom is -0.314 e. The summed E-state index contributed by atoms with van der Waals surface area (Å²) in [7, 11) is 0. The van der Waals surface area contributed by atoms with E-state index >= 15 is 0 Å². The maximum atomic E-state index is 6.39. The molecule has 0 spiro atoms. The number of piperazine rings is 1. The minimum absolute atomic E-state index is 0. The highest BCUT2D eigenvalue weighted by Crippen LogP contribution is 2.41. The van der Waals surface area contributed by atoms with E-state index in [-0.39, 0.29) is 30.9 Å². The zero-order valence-electron chi connectivity index (χ0n) is 12.6. The highest BCUT2D eigenvalue weighted by atomic mass is 35.5. The SMILES string of the molecule is CCC(C)[C@@H](c1c(Cl)cnc(Cl)c1Cl)N1CCNCC1.Cl.Cl. The Balaban J connectivity index is 0.00000220. The summed E-state index contributed by atoms with van der Waals surface area (Å²) in [6.45, 7) is 8.36. The predicted octanol–water partition coefficient (Wildman–Crippen LogP) is 4.88. The minimum atomic E-state index is 0. The second-order valence-electron chi connectivity index (χ2n) is 5.24. The average molecular weight is 410 g/mol. The van der Waals surface area contributed by atoms with Gasteiger partial charge >= 0.3 is 0 Å². The van der Waals surface area contributed by atoms with Crippen LogP contribution in [0.3, 0.4) is 0 Å². The molecular formula is C14H22Cl5N3. The number of hydrogen-bond acceptors (Lipinski definition) is 3. The van der Waals surface area contributed by atoms with Gasteiger partial charge in [-0.3, -0.25) is 4.90 Å². The van der Waals surface area contributed by atoms with E-state index in [0.717, 1.165) is 38.2 Å². The van der Waals surface area contributed by atoms with Crippen LogP contribution in [0.25, 0.3) is 0 Å². The predicted molar refractivity (Wildman–Crippen MR) is 100 cm³/mol. The van der Waals surface area contributed by atoms with Crippen LogP contribution in [0.4, 0.5) is 0 Å². The Morgan fingerprint density at radius 1 is 1.23 bits per heavy atom. The van der Waals surface area contributed by atoms with Crippen molar-refractivity contribution in [2.75, 3.05) is 26.2 Å². The van der Waals surface area contributed by atoms with Crippen molar-refractivity contribution in [1.82, 2.24) is 15.2 Å². The molecule has 1 aliphatic rings. The van der Waals surface area contributed by atoms with Gasteiger partial charge in [-0.2, -0.15) is 0 Å². The fourth-order valence-electron chi connectivity index (χ4n) is 2.74. The van der Waals surface area contributed by atoms with Gasteiger partial charge in [-0.1, -0.05) is 55.1 Å². The first-order chi connectivity index (χ1) is 9.56. The molecule has 0 bridgehead atoms. The molecule has 1 N–H and O–H groups in total. The van der Waals surface area contributed by atoms with Crippen LogP contribution in [0, 0.1) is 5.92 Å². The lowest BCUT2D eigenvalue weighted by Crippen LogP contribution is -2.46. The molecule has 128 valence electrons. The second-order valence-corrected chi connectivity index (χ2v) is 6.38. The van der Waals surface area contributed by atoms with E-state index in [4.69, 9.17) is 34.8 Å². The van der Waals surface area contributed by atoms with Crippen molar-refractivity contribution in [3.05, 3.63) is 27.0 Å². The average Bonchev–Trinajstić information content (AvgIpc) is 2.48. The molecule has 1 saturated heterocycles. The molecule has 1 aliphatic heterocycles. The fourth-order valence-corrected chi connectivity index (χ4v) is 3.45. The molecule has 1 fully saturated rings. The van der Waals surface area contributed by atoms with Gasteiger partial charge in [-0.25, -0.2) is 4.98 Å². The van der Waals surface area contributed by atoms with Gasteiger partial charge in [0, 0.05) is 44.0 Å². The van der Waals surface area contributed by atoms with Crippen LogP contribution < -0.4 is 5.32 Å². The summed E-state index contributed by atoms with van der Waals surface area (Å²) in [4.78, 5) is 6.46. The molecule has 0 amide bonds. The third kappa shape index (κ3) is 5.01. The van der Waals surface area contributed by atoms with Gasteiger partial charge in [0.2, 0.25) is 0 Å². The Labute approximate surface area is 159 Å². The van der Waals surface area contributed by atoms with Crippen molar-refractivity contribution < 1.29 is 0 Å². The van der Waals surface area contributed by atoms with Crippen molar-refractivity contribution >= 4 is 59.6 Å². The molecule has 3 nitrogen and oxygen atoms in total. The third-order valence-electron chi connectivity index (χ3n) is 3.99. The molecule has 1 unspecified atom stereocenters. The quantitative estimate of drug-likeness (QED) is 0.719. The normalized spacial score (nSPS) is 18.0. The first-order valence-electron chi connectivity index (χ1n) is 7.00. The van der Waals surface area contributed by atoms with E-state index in [1.165, 1.54) is 0 Å². The molecule has 2 atom stereocenters. The summed E-state index contributed by atoms with van der Waals surface area (Å²) < 4.78 is 0. The van der Waals surface area contributed by atoms with Gasteiger partial charge in [0.1, 0.15) is 5.15 Å². The van der Waals surface area contributed by atoms with Gasteiger partial charge in [0.15, 0.2) is 0 Å². The lowest BCUT2D eigenvalue weighted by molar-refractivity contribution is 0.128. The van der Waals surface area contributed by atoms with E-state index in [1.54, 1.807) is 6.20 Å². The van der Waals surface area contributed by atoms with Crippen LogP contribution in [-0.4, -0.2) is 36.1 Å². The largest absolute Gasteiger partial charge is 0.314 e. The summed E-state index contributed by atoms with van der Waals surface area (Å²) in [6.07, 6.45) is 2.66. The van der Waals surface area contributed by atoms with E-state index in [9.17, 15) is 0 Å². The van der Waals surface area contributed by atoms with Gasteiger partial charge in [-0.15, -0.1) is 24.8 Å². The standard InChI is InChI=1S/C14H20Cl3N3.2ClH/c1-3-9(2)13(20-6-4-18-5-7-20)11-10(15)8-19-14(17)12(11)16;;/h8-9,13,18H,3-7H2,1-2H3;2*1H/t9?,13-;;/m0../s1. The summed E-state index contributed by atoms with van der Waals surface area (Å²) in [5, 5.41) is 4.79. The molecule has 0 saturated carbocycles. The van der Waals surface area contributed by atoms with Crippen molar-refractivity contribution in [2.24, 2.45) is 5.92 Å². The molecular weight excluding hydrogens is 387 g/mol. The summed E-state index contributed by atoms with van der Waals surface area (Å²) in [5.74, 6) is 0.446. The highest BCUT2D eigenvalue weighted by molar-refractivity contribution is 6.43. The Bertz CT molecular complexity index is 466. The van der Waals surface area contributed by atoms with E-state index in [0.29, 0.717) is 21.1 Å². The number of halogens is 5. The monoisotopic (exact) mass is 407 g/mol. The lowest BCUT2D eigenvalue weighted by Gasteiger charge is -2.39. The smallest absolute Gasteiger partial charge is 0.148 e. The number of pyridine rings is 1. The van der Waals surface area contributed by atoms with Crippen molar-refractivity contribution in [2.45, 2.75) is 26.3 Å². The molecule has 22 heavy (non-hydrogen) atoms. The maximum absolute atomic E-state index is 6.39. The van der Waals surface area contributed by atoms with E-state index in [1.807, 2.05) is 0 Å². The van der Waals surface area contributed by atoms with E-state index < -0.39 is 0 Å². The third-order valence-corrected chi connectivity index (χ3v) is 5.06. The Morgan fingerprint density at radius 2 is 1.82 bits per heavy atom. The maximum Gasteiger partial charge on any atom is 0.148 e. The van der Waals surface area contributed by atoms with Crippen LogP contribution in [0.15, 0.2) is 6.20 Å². The Morgan fingerprint density at radius 3 is 2.36 bits per heavy atom. The molecule has 1 aromatic heterocycles. The molecule has 2 rings (SSSR count). The van der Waals surface area contributed by atoms with Gasteiger partial charge in [0.05, 0.1) is 10.0 Å². The van der Waals surface area contributed by atoms with Crippen LogP contribution >= 0.6 is 59.6 Å². The van der Waals surface area contributed by atoms with Crippen LogP contribution in [-0.2, 0) is 0 Å². The number of rotatable bonds is 4. The first-order valence-corrected chi connectivity index (χ1v) is 8.13. The lowest BCUT2D eigenvalue weighted by atomic mass is 9.91.